The van der Waals surface area contributed by atoms with Gasteiger partial charge in [0.1, 0.15) is 0 Å². The first-order valence-corrected chi connectivity index (χ1v) is 7.11. The van der Waals surface area contributed by atoms with Gasteiger partial charge in [0.25, 0.3) is 5.91 Å². The monoisotopic (exact) mass is 275 g/mol. The van der Waals surface area contributed by atoms with Gasteiger partial charge in [0, 0.05) is 5.69 Å². The van der Waals surface area contributed by atoms with E-state index in [0.717, 1.165) is 18.5 Å². The van der Waals surface area contributed by atoms with E-state index in [1.165, 1.54) is 5.56 Å². The predicted molar refractivity (Wildman–Crippen MR) is 77.3 cm³/mol. The number of nitrogens with one attached hydrogen (secondary N) is 1. The van der Waals surface area contributed by atoms with Crippen molar-refractivity contribution in [1.82, 2.24) is 0 Å². The van der Waals surface area contributed by atoms with Gasteiger partial charge in [-0.1, -0.05) is 26.0 Å². The lowest BCUT2D eigenvalue weighted by atomic mass is 10.1. The number of benzene rings is 1. The van der Waals surface area contributed by atoms with Crippen LogP contribution in [0.15, 0.2) is 24.3 Å². The average Bonchev–Trinajstić information content (AvgIpc) is 3.16. The van der Waals surface area contributed by atoms with Crippen LogP contribution < -0.4 is 5.32 Å². The Bertz CT molecular complexity index is 495. The Morgan fingerprint density at radius 3 is 2.45 bits per heavy atom. The molecule has 0 heterocycles. The van der Waals surface area contributed by atoms with Crippen molar-refractivity contribution >= 4 is 17.6 Å². The third-order valence-electron chi connectivity index (χ3n) is 3.70. The summed E-state index contributed by atoms with van der Waals surface area (Å²) in [6.07, 6.45) is 1.06. The number of esters is 1. The lowest BCUT2D eigenvalue weighted by Crippen LogP contribution is -2.30. The molecular formula is C16H21NO3. The number of aryl methyl sites for hydroxylation is 1. The predicted octanol–water partition coefficient (Wildman–Crippen LogP) is 2.78. The number of rotatable bonds is 5. The lowest BCUT2D eigenvalue weighted by Gasteiger charge is -2.13. The van der Waals surface area contributed by atoms with Gasteiger partial charge in [0.15, 0.2) is 6.10 Å². The van der Waals surface area contributed by atoms with Crippen molar-refractivity contribution in [1.29, 1.82) is 0 Å². The fraction of sp³-hybridized carbons (Fsp3) is 0.500. The van der Waals surface area contributed by atoms with Crippen LogP contribution in [0.1, 0.15) is 32.8 Å². The first kappa shape index (κ1) is 14.6. The molecule has 108 valence electrons. The van der Waals surface area contributed by atoms with Crippen molar-refractivity contribution in [3.63, 3.8) is 0 Å². The van der Waals surface area contributed by atoms with E-state index in [2.05, 4.69) is 12.2 Å². The molecule has 0 spiro atoms. The molecule has 20 heavy (non-hydrogen) atoms. The highest BCUT2D eigenvalue weighted by Gasteiger charge is 2.41. The number of hydrogen-bond acceptors (Lipinski definition) is 3. The van der Waals surface area contributed by atoms with Gasteiger partial charge >= 0.3 is 5.97 Å². The maximum atomic E-state index is 11.9. The number of hydrogen-bond donors (Lipinski definition) is 1. The van der Waals surface area contributed by atoms with Gasteiger partial charge in [-0.05, 0) is 43.4 Å². The van der Waals surface area contributed by atoms with Crippen molar-refractivity contribution in [2.75, 3.05) is 5.32 Å². The molecule has 2 rings (SSSR count). The van der Waals surface area contributed by atoms with Gasteiger partial charge in [0.2, 0.25) is 0 Å². The van der Waals surface area contributed by atoms with Crippen LogP contribution in [0.25, 0.3) is 0 Å². The van der Waals surface area contributed by atoms with Gasteiger partial charge in [-0.25, -0.2) is 0 Å². The van der Waals surface area contributed by atoms with Crippen molar-refractivity contribution < 1.29 is 14.3 Å². The van der Waals surface area contributed by atoms with Gasteiger partial charge < -0.3 is 10.1 Å². The van der Waals surface area contributed by atoms with Crippen LogP contribution in [-0.4, -0.2) is 18.0 Å². The van der Waals surface area contributed by atoms with E-state index in [0.29, 0.717) is 5.92 Å². The zero-order valence-electron chi connectivity index (χ0n) is 12.2. The Morgan fingerprint density at radius 2 is 1.95 bits per heavy atom. The highest BCUT2D eigenvalue weighted by atomic mass is 16.5. The minimum atomic E-state index is -0.763. The quantitative estimate of drug-likeness (QED) is 0.841. The Labute approximate surface area is 119 Å². The molecule has 0 saturated heterocycles. The number of amides is 1. The maximum Gasteiger partial charge on any atom is 0.309 e. The molecule has 1 amide bonds. The van der Waals surface area contributed by atoms with Gasteiger partial charge in [-0.2, -0.15) is 0 Å². The van der Waals surface area contributed by atoms with Crippen LogP contribution in [0.5, 0.6) is 0 Å². The number of carbonyl (C=O) groups excluding carboxylic acids is 2. The third-order valence-corrected chi connectivity index (χ3v) is 3.70. The Morgan fingerprint density at radius 1 is 1.35 bits per heavy atom. The summed E-state index contributed by atoms with van der Waals surface area (Å²) in [6, 6.07) is 7.65. The second-order valence-corrected chi connectivity index (χ2v) is 5.44. The van der Waals surface area contributed by atoms with Crippen LogP contribution in [0.4, 0.5) is 5.69 Å². The maximum absolute atomic E-state index is 11.9. The normalized spacial score (nSPS) is 21.9. The van der Waals surface area contributed by atoms with E-state index in [-0.39, 0.29) is 17.8 Å². The van der Waals surface area contributed by atoms with E-state index < -0.39 is 6.10 Å². The fourth-order valence-corrected chi connectivity index (χ4v) is 2.03. The molecule has 0 radical (unpaired) electrons. The molecule has 0 bridgehead atoms. The summed E-state index contributed by atoms with van der Waals surface area (Å²) in [6.45, 7) is 5.68. The second kappa shape index (κ2) is 6.07. The Hall–Kier alpha value is -1.84. The molecule has 1 aliphatic rings. The molecule has 1 saturated carbocycles. The van der Waals surface area contributed by atoms with Crippen LogP contribution in [0.3, 0.4) is 0 Å². The molecule has 0 aromatic heterocycles. The highest BCUT2D eigenvalue weighted by Crippen LogP contribution is 2.38. The molecule has 0 unspecified atom stereocenters. The van der Waals surface area contributed by atoms with Crippen molar-refractivity contribution in [2.45, 2.75) is 39.7 Å². The molecule has 1 aromatic rings. The molecule has 1 N–H and O–H groups in total. The minimum Gasteiger partial charge on any atom is -0.452 e. The summed E-state index contributed by atoms with van der Waals surface area (Å²) < 4.78 is 5.17. The molecule has 1 fully saturated rings. The van der Waals surface area contributed by atoms with Gasteiger partial charge in [0.05, 0.1) is 5.92 Å². The first-order chi connectivity index (χ1) is 9.51. The van der Waals surface area contributed by atoms with E-state index in [9.17, 15) is 9.59 Å². The first-order valence-electron chi connectivity index (χ1n) is 7.11. The van der Waals surface area contributed by atoms with Crippen molar-refractivity contribution in [3.8, 4) is 0 Å². The van der Waals surface area contributed by atoms with Crippen LogP contribution >= 0.6 is 0 Å². The Kier molecular flexibility index (Phi) is 4.42. The summed E-state index contributed by atoms with van der Waals surface area (Å²) in [7, 11) is 0. The van der Waals surface area contributed by atoms with E-state index in [4.69, 9.17) is 4.74 Å². The third kappa shape index (κ3) is 3.59. The summed E-state index contributed by atoms with van der Waals surface area (Å²) in [4.78, 5) is 23.6. The molecule has 1 aliphatic carbocycles. The highest BCUT2D eigenvalue weighted by molar-refractivity contribution is 5.95. The molecule has 0 aliphatic heterocycles. The molecule has 4 nitrogen and oxygen atoms in total. The fourth-order valence-electron chi connectivity index (χ4n) is 2.03. The van der Waals surface area contributed by atoms with Crippen LogP contribution in [0.2, 0.25) is 0 Å². The SMILES string of the molecule is CCc1ccc(NC(=O)[C@@H](C)OC(=O)[C@@H]2C[C@@H]2C)cc1. The zero-order chi connectivity index (χ0) is 14.7. The molecule has 1 aromatic carbocycles. The average molecular weight is 275 g/mol. The van der Waals surface area contributed by atoms with Gasteiger partial charge in [-0.15, -0.1) is 0 Å². The number of ether oxygens (including phenoxy) is 1. The van der Waals surface area contributed by atoms with Gasteiger partial charge in [-0.3, -0.25) is 9.59 Å². The molecule has 4 heteroatoms. The summed E-state index contributed by atoms with van der Waals surface area (Å²) in [5, 5.41) is 2.75. The summed E-state index contributed by atoms with van der Waals surface area (Å²) in [5.74, 6) is -0.189. The van der Waals surface area contributed by atoms with E-state index in [1.807, 2.05) is 31.2 Å². The topological polar surface area (TPSA) is 55.4 Å². The Balaban J connectivity index is 1.85. The summed E-state index contributed by atoms with van der Waals surface area (Å²) >= 11 is 0. The molecular weight excluding hydrogens is 254 g/mol. The molecule has 3 atom stereocenters. The van der Waals surface area contributed by atoms with Crippen LogP contribution in [0, 0.1) is 11.8 Å². The minimum absolute atomic E-state index is 0.0194. The van der Waals surface area contributed by atoms with E-state index in [1.54, 1.807) is 6.92 Å². The van der Waals surface area contributed by atoms with E-state index >= 15 is 0 Å². The van der Waals surface area contributed by atoms with Crippen LogP contribution in [-0.2, 0) is 20.7 Å². The lowest BCUT2D eigenvalue weighted by molar-refractivity contribution is -0.154. The standard InChI is InChI=1S/C16H21NO3/c1-4-12-5-7-13(8-6-12)17-15(18)11(3)20-16(19)14-9-10(14)2/h5-8,10-11,14H,4,9H2,1-3H3,(H,17,18)/t10-,11+,14+/m0/s1. The summed E-state index contributed by atoms with van der Waals surface area (Å²) in [5.41, 5.74) is 1.93. The largest absolute Gasteiger partial charge is 0.452 e. The number of carbonyl (C=O) groups is 2. The van der Waals surface area contributed by atoms with Crippen molar-refractivity contribution in [3.05, 3.63) is 29.8 Å². The smallest absolute Gasteiger partial charge is 0.309 e. The van der Waals surface area contributed by atoms with Crippen molar-refractivity contribution in [2.24, 2.45) is 11.8 Å². The number of anilines is 1. The second-order valence-electron chi connectivity index (χ2n) is 5.44. The zero-order valence-corrected chi connectivity index (χ0v) is 12.2.